The van der Waals surface area contributed by atoms with Crippen molar-refractivity contribution in [3.8, 4) is 0 Å². The maximum Gasteiger partial charge on any atom is 0.501 e. The third kappa shape index (κ3) is 2.78. The van der Waals surface area contributed by atoms with Crippen molar-refractivity contribution in [3.05, 3.63) is 28.8 Å². The minimum absolute atomic E-state index is 0.148. The molecule has 23 heavy (non-hydrogen) atoms. The molecule has 2 rings (SSSR count). The molecule has 0 fully saturated rings. The van der Waals surface area contributed by atoms with Gasteiger partial charge in [-0.1, -0.05) is 6.07 Å². The Bertz CT molecular complexity index is 772. The number of sulfone groups is 1. The van der Waals surface area contributed by atoms with E-state index in [1.807, 2.05) is 0 Å². The largest absolute Gasteiger partial charge is 0.501 e. The molecule has 0 spiro atoms. The Kier molecular flexibility index (Phi) is 3.93. The summed E-state index contributed by atoms with van der Waals surface area (Å²) in [7, 11) is -5.94. The smallest absolute Gasteiger partial charge is 0.382 e. The van der Waals surface area contributed by atoms with Crippen LogP contribution in [0, 0.1) is 0 Å². The molecule has 1 aliphatic rings. The van der Waals surface area contributed by atoms with Crippen LogP contribution in [0.25, 0.3) is 0 Å². The Labute approximate surface area is 126 Å². The van der Waals surface area contributed by atoms with Crippen molar-refractivity contribution < 1.29 is 40.3 Å². The summed E-state index contributed by atoms with van der Waals surface area (Å²) < 4.78 is 88.5. The van der Waals surface area contributed by atoms with Crippen molar-refractivity contribution in [3.63, 3.8) is 0 Å². The number of aliphatic hydroxyl groups excluding tert-OH is 1. The molecule has 5 nitrogen and oxygen atoms in total. The summed E-state index contributed by atoms with van der Waals surface area (Å²) in [5.41, 5.74) is -2.48. The number of rotatable bonds is 3. The van der Waals surface area contributed by atoms with Gasteiger partial charge in [-0.25, -0.2) is 17.2 Å². The lowest BCUT2D eigenvalue weighted by atomic mass is 10.00. The Balaban J connectivity index is 2.76. The molecule has 1 unspecified atom stereocenters. The summed E-state index contributed by atoms with van der Waals surface area (Å²) >= 11 is 0. The summed E-state index contributed by atoms with van der Waals surface area (Å²) in [6.45, 7) is 0. The van der Waals surface area contributed by atoms with Gasteiger partial charge in [0.1, 0.15) is 6.10 Å². The fraction of sp³-hybridized carbons (Fsp3) is 0.417. The Morgan fingerprint density at radius 1 is 1.35 bits per heavy atom. The van der Waals surface area contributed by atoms with Gasteiger partial charge in [0.25, 0.3) is 15.8 Å². The fourth-order valence-electron chi connectivity index (χ4n) is 2.45. The van der Waals surface area contributed by atoms with Crippen molar-refractivity contribution in [1.29, 1.82) is 0 Å². The van der Waals surface area contributed by atoms with Gasteiger partial charge in [-0.05, 0) is 17.2 Å². The Morgan fingerprint density at radius 2 is 1.91 bits per heavy atom. The molecule has 11 heteroatoms. The minimum atomic E-state index is -5.94. The van der Waals surface area contributed by atoms with E-state index in [2.05, 4.69) is 0 Å². The number of amides is 1. The number of nitrogens with two attached hydrogens (primary N) is 1. The quantitative estimate of drug-likeness (QED) is 0.794. The topological polar surface area (TPSA) is 97.5 Å². The SMILES string of the molecule is NC(=O)Cc1ccc(S(=O)(=O)C(F)(F)F)c2c1CC(F)(F)C2O. The van der Waals surface area contributed by atoms with E-state index in [0.29, 0.717) is 6.07 Å². The predicted molar refractivity (Wildman–Crippen MR) is 66.2 cm³/mol. The fourth-order valence-corrected chi connectivity index (χ4v) is 3.47. The third-order valence-corrected chi connectivity index (χ3v) is 5.00. The van der Waals surface area contributed by atoms with Gasteiger partial charge in [-0.3, -0.25) is 4.79 Å². The van der Waals surface area contributed by atoms with Crippen LogP contribution in [0.3, 0.4) is 0 Å². The number of carbonyl (C=O) groups is 1. The Hall–Kier alpha value is -1.75. The van der Waals surface area contributed by atoms with Gasteiger partial charge >= 0.3 is 5.51 Å². The predicted octanol–water partition coefficient (Wildman–Crippen LogP) is 1.23. The summed E-state index contributed by atoms with van der Waals surface area (Å²) in [6.07, 6.45) is -4.48. The van der Waals surface area contributed by atoms with Crippen LogP contribution in [0.1, 0.15) is 22.8 Å². The lowest BCUT2D eigenvalue weighted by Crippen LogP contribution is -2.26. The minimum Gasteiger partial charge on any atom is -0.382 e. The first-order chi connectivity index (χ1) is 10.3. The third-order valence-electron chi connectivity index (χ3n) is 3.46. The van der Waals surface area contributed by atoms with Gasteiger partial charge in [0.05, 0.1) is 11.3 Å². The van der Waals surface area contributed by atoms with Crippen LogP contribution in [-0.4, -0.2) is 30.9 Å². The lowest BCUT2D eigenvalue weighted by molar-refractivity contribution is -0.117. The molecule has 0 aliphatic heterocycles. The zero-order valence-electron chi connectivity index (χ0n) is 11.2. The molecule has 0 saturated heterocycles. The highest BCUT2D eigenvalue weighted by molar-refractivity contribution is 7.92. The molecule has 1 atom stereocenters. The van der Waals surface area contributed by atoms with Crippen molar-refractivity contribution in [1.82, 2.24) is 0 Å². The summed E-state index contributed by atoms with van der Waals surface area (Å²) in [6, 6.07) is 1.26. The molecule has 0 saturated carbocycles. The molecule has 1 amide bonds. The zero-order valence-corrected chi connectivity index (χ0v) is 12.0. The van der Waals surface area contributed by atoms with Crippen LogP contribution in [0.4, 0.5) is 22.0 Å². The van der Waals surface area contributed by atoms with Crippen molar-refractivity contribution >= 4 is 15.7 Å². The molecule has 1 aliphatic carbocycles. The molecule has 128 valence electrons. The molecular formula is C12H10F5NO4S. The lowest BCUT2D eigenvalue weighted by Gasteiger charge is -2.17. The van der Waals surface area contributed by atoms with E-state index in [1.165, 1.54) is 0 Å². The molecule has 0 radical (unpaired) electrons. The van der Waals surface area contributed by atoms with E-state index < -0.39 is 62.1 Å². The zero-order chi connectivity index (χ0) is 17.8. The summed E-state index contributed by atoms with van der Waals surface area (Å²) in [5.74, 6) is -4.80. The highest BCUT2D eigenvalue weighted by Gasteiger charge is 2.54. The van der Waals surface area contributed by atoms with E-state index in [-0.39, 0.29) is 5.56 Å². The molecule has 0 aromatic heterocycles. The molecule has 0 bridgehead atoms. The van der Waals surface area contributed by atoms with Gasteiger partial charge in [0.2, 0.25) is 5.91 Å². The van der Waals surface area contributed by atoms with Crippen LogP contribution >= 0.6 is 0 Å². The van der Waals surface area contributed by atoms with Gasteiger partial charge < -0.3 is 10.8 Å². The highest BCUT2D eigenvalue weighted by atomic mass is 32.2. The van der Waals surface area contributed by atoms with E-state index in [1.54, 1.807) is 0 Å². The Morgan fingerprint density at radius 3 is 2.39 bits per heavy atom. The number of benzene rings is 1. The number of aliphatic hydroxyl groups is 1. The normalized spacial score (nSPS) is 20.3. The number of carbonyl (C=O) groups excluding carboxylic acids is 1. The highest BCUT2D eigenvalue weighted by Crippen LogP contribution is 2.48. The number of primary amides is 1. The van der Waals surface area contributed by atoms with Crippen LogP contribution < -0.4 is 5.73 Å². The number of fused-ring (bicyclic) bond motifs is 1. The number of halogens is 5. The summed E-state index contributed by atoms with van der Waals surface area (Å²) in [5, 5.41) is 9.58. The molecule has 3 N–H and O–H groups in total. The van der Waals surface area contributed by atoms with Crippen LogP contribution in [-0.2, 0) is 27.5 Å². The number of hydrogen-bond acceptors (Lipinski definition) is 4. The summed E-state index contributed by atoms with van der Waals surface area (Å²) in [4.78, 5) is 9.48. The first-order valence-electron chi connectivity index (χ1n) is 6.09. The van der Waals surface area contributed by atoms with Crippen LogP contribution in [0.5, 0.6) is 0 Å². The average molecular weight is 359 g/mol. The van der Waals surface area contributed by atoms with Crippen LogP contribution in [0.2, 0.25) is 0 Å². The second kappa shape index (κ2) is 5.13. The van der Waals surface area contributed by atoms with E-state index in [0.717, 1.165) is 6.07 Å². The first kappa shape index (κ1) is 17.6. The van der Waals surface area contributed by atoms with Gasteiger partial charge in [0, 0.05) is 12.0 Å². The maximum absolute atomic E-state index is 13.7. The number of alkyl halides is 5. The first-order valence-corrected chi connectivity index (χ1v) is 7.57. The van der Waals surface area contributed by atoms with Crippen molar-refractivity contribution in [2.45, 2.75) is 35.3 Å². The maximum atomic E-state index is 13.7. The standard InChI is InChI=1S/C12H10F5NO4S/c13-11(14)4-6-5(3-8(18)19)1-2-7(9(6)10(11)20)23(21,22)12(15,16)17/h1-2,10,20H,3-4H2,(H2,18,19). The van der Waals surface area contributed by atoms with E-state index >= 15 is 0 Å². The second-order valence-corrected chi connectivity index (χ2v) is 6.96. The van der Waals surface area contributed by atoms with Gasteiger partial charge in [-0.2, -0.15) is 13.2 Å². The second-order valence-electron chi connectivity index (χ2n) is 5.05. The van der Waals surface area contributed by atoms with Crippen molar-refractivity contribution in [2.75, 3.05) is 0 Å². The van der Waals surface area contributed by atoms with Crippen molar-refractivity contribution in [2.24, 2.45) is 5.73 Å². The van der Waals surface area contributed by atoms with E-state index in [9.17, 15) is 40.3 Å². The molecule has 0 heterocycles. The average Bonchev–Trinajstić information content (AvgIpc) is 2.60. The molecular weight excluding hydrogens is 349 g/mol. The monoisotopic (exact) mass is 359 g/mol. The van der Waals surface area contributed by atoms with Crippen LogP contribution in [0.15, 0.2) is 17.0 Å². The van der Waals surface area contributed by atoms with Gasteiger partial charge in [-0.15, -0.1) is 0 Å². The van der Waals surface area contributed by atoms with Gasteiger partial charge in [0.15, 0.2) is 0 Å². The number of hydrogen-bond donors (Lipinski definition) is 2. The van der Waals surface area contributed by atoms with E-state index in [4.69, 9.17) is 5.73 Å². The molecule has 1 aromatic rings. The molecule has 1 aromatic carbocycles.